The fourth-order valence-corrected chi connectivity index (χ4v) is 2.63. The van der Waals surface area contributed by atoms with Crippen LogP contribution in [-0.4, -0.2) is 11.6 Å². The number of hydrogen-bond acceptors (Lipinski definition) is 3. The Kier molecular flexibility index (Phi) is 3.31. The van der Waals surface area contributed by atoms with Crippen LogP contribution in [0.4, 0.5) is 0 Å². The molecule has 0 amide bonds. The number of carbonyl (C=O) groups excluding carboxylic acids is 2. The molecule has 0 radical (unpaired) electrons. The molecule has 0 aliphatic carbocycles. The first-order chi connectivity index (χ1) is 7.68. The maximum absolute atomic E-state index is 11.8. The molecule has 0 bridgehead atoms. The third-order valence-electron chi connectivity index (χ3n) is 2.03. The van der Waals surface area contributed by atoms with Crippen molar-refractivity contribution < 1.29 is 9.59 Å². The molecule has 1 heterocycles. The lowest BCUT2D eigenvalue weighted by atomic mass is 10.1. The van der Waals surface area contributed by atoms with E-state index >= 15 is 0 Å². The zero-order valence-electron chi connectivity index (χ0n) is 8.14. The number of rotatable bonds is 3. The first-order valence-electron chi connectivity index (χ1n) is 4.56. The second-order valence-corrected chi connectivity index (χ2v) is 4.98. The molecule has 0 saturated heterocycles. The predicted octanol–water partition coefficient (Wildman–Crippen LogP) is 3.58. The Morgan fingerprint density at radius 1 is 1.06 bits per heavy atom. The molecule has 2 rings (SSSR count). The van der Waals surface area contributed by atoms with Crippen LogP contribution >= 0.6 is 27.3 Å². The number of carbonyl (C=O) groups is 2. The topological polar surface area (TPSA) is 34.1 Å². The van der Waals surface area contributed by atoms with Crippen molar-refractivity contribution in [3.8, 4) is 0 Å². The van der Waals surface area contributed by atoms with E-state index in [9.17, 15) is 9.59 Å². The van der Waals surface area contributed by atoms with Crippen LogP contribution in [0.25, 0.3) is 0 Å². The normalized spacial score (nSPS) is 10.1. The number of halogens is 1. The van der Waals surface area contributed by atoms with Gasteiger partial charge in [-0.25, -0.2) is 0 Å². The molecule has 0 saturated carbocycles. The van der Waals surface area contributed by atoms with Crippen molar-refractivity contribution in [2.45, 2.75) is 0 Å². The van der Waals surface area contributed by atoms with Crippen molar-refractivity contribution in [3.63, 3.8) is 0 Å². The predicted molar refractivity (Wildman–Crippen MR) is 67.1 cm³/mol. The Bertz CT molecular complexity index is 531. The average molecular weight is 295 g/mol. The SMILES string of the molecule is O=C(C(=O)c1cc(Br)cs1)c1ccccc1. The molecule has 0 aliphatic rings. The van der Waals surface area contributed by atoms with Crippen LogP contribution in [0.15, 0.2) is 46.3 Å². The zero-order chi connectivity index (χ0) is 11.5. The molecule has 80 valence electrons. The number of ketones is 2. The number of thiophene rings is 1. The second-order valence-electron chi connectivity index (χ2n) is 3.15. The Morgan fingerprint density at radius 2 is 1.75 bits per heavy atom. The van der Waals surface area contributed by atoms with Crippen LogP contribution in [-0.2, 0) is 0 Å². The van der Waals surface area contributed by atoms with Gasteiger partial charge in [-0.1, -0.05) is 30.3 Å². The van der Waals surface area contributed by atoms with Crippen LogP contribution in [0.2, 0.25) is 0 Å². The third-order valence-corrected chi connectivity index (χ3v) is 3.72. The minimum absolute atomic E-state index is 0.428. The van der Waals surface area contributed by atoms with Gasteiger partial charge < -0.3 is 0 Å². The fourth-order valence-electron chi connectivity index (χ4n) is 1.26. The van der Waals surface area contributed by atoms with Gasteiger partial charge in [-0.15, -0.1) is 11.3 Å². The first-order valence-corrected chi connectivity index (χ1v) is 6.24. The van der Waals surface area contributed by atoms with Crippen molar-refractivity contribution in [1.82, 2.24) is 0 Å². The highest BCUT2D eigenvalue weighted by atomic mass is 79.9. The molecule has 0 atom stereocenters. The largest absolute Gasteiger partial charge is 0.285 e. The van der Waals surface area contributed by atoms with Crippen LogP contribution in [0, 0.1) is 0 Å². The van der Waals surface area contributed by atoms with Crippen molar-refractivity contribution in [2.75, 3.05) is 0 Å². The molecule has 2 nitrogen and oxygen atoms in total. The summed E-state index contributed by atoms with van der Waals surface area (Å²) < 4.78 is 0.821. The summed E-state index contributed by atoms with van der Waals surface area (Å²) in [6, 6.07) is 10.2. The van der Waals surface area contributed by atoms with Gasteiger partial charge >= 0.3 is 0 Å². The highest BCUT2D eigenvalue weighted by Crippen LogP contribution is 2.21. The zero-order valence-corrected chi connectivity index (χ0v) is 10.5. The molecule has 0 aliphatic heterocycles. The van der Waals surface area contributed by atoms with Crippen LogP contribution in [0.3, 0.4) is 0 Å². The highest BCUT2D eigenvalue weighted by molar-refractivity contribution is 9.10. The lowest BCUT2D eigenvalue weighted by molar-refractivity contribution is 0.0819. The Morgan fingerprint density at radius 3 is 2.31 bits per heavy atom. The molecule has 2 aromatic rings. The van der Waals surface area contributed by atoms with Crippen LogP contribution in [0.5, 0.6) is 0 Å². The van der Waals surface area contributed by atoms with E-state index in [0.717, 1.165) is 4.47 Å². The van der Waals surface area contributed by atoms with Crippen LogP contribution < -0.4 is 0 Å². The quantitative estimate of drug-likeness (QED) is 0.640. The third kappa shape index (κ3) is 2.28. The molecule has 0 unspecified atom stereocenters. The first kappa shape index (κ1) is 11.2. The van der Waals surface area contributed by atoms with Crippen molar-refractivity contribution in [1.29, 1.82) is 0 Å². The molecular weight excluding hydrogens is 288 g/mol. The standard InChI is InChI=1S/C12H7BrO2S/c13-9-6-10(16-7-9)12(15)11(14)8-4-2-1-3-5-8/h1-7H. The van der Waals surface area contributed by atoms with Gasteiger partial charge in [-0.2, -0.15) is 0 Å². The molecule has 0 fully saturated rings. The monoisotopic (exact) mass is 294 g/mol. The van der Waals surface area contributed by atoms with Crippen LogP contribution in [0.1, 0.15) is 20.0 Å². The van der Waals surface area contributed by atoms with E-state index < -0.39 is 11.6 Å². The molecule has 1 aromatic carbocycles. The fraction of sp³-hybridized carbons (Fsp3) is 0. The van der Waals surface area contributed by atoms with Crippen molar-refractivity contribution in [3.05, 3.63) is 56.7 Å². The van der Waals surface area contributed by atoms with Gasteiger partial charge in [0.15, 0.2) is 0 Å². The van der Waals surface area contributed by atoms with Gasteiger partial charge in [0.2, 0.25) is 11.6 Å². The summed E-state index contributed by atoms with van der Waals surface area (Å²) in [7, 11) is 0. The van der Waals surface area contributed by atoms with Crippen molar-refractivity contribution in [2.24, 2.45) is 0 Å². The van der Waals surface area contributed by atoms with Gasteiger partial charge in [-0.05, 0) is 22.0 Å². The van der Waals surface area contributed by atoms with E-state index in [1.54, 1.807) is 35.7 Å². The maximum Gasteiger partial charge on any atom is 0.243 e. The summed E-state index contributed by atoms with van der Waals surface area (Å²) >= 11 is 4.52. The van der Waals surface area contributed by atoms with Gasteiger partial charge in [-0.3, -0.25) is 9.59 Å². The minimum Gasteiger partial charge on any atom is -0.285 e. The second kappa shape index (κ2) is 4.72. The summed E-state index contributed by atoms with van der Waals surface area (Å²) in [5.74, 6) is -0.920. The van der Waals surface area contributed by atoms with Gasteiger partial charge in [0, 0.05) is 15.4 Å². The maximum atomic E-state index is 11.8. The van der Waals surface area contributed by atoms with E-state index in [-0.39, 0.29) is 0 Å². The van der Waals surface area contributed by atoms with Gasteiger partial charge in [0.05, 0.1) is 4.88 Å². The highest BCUT2D eigenvalue weighted by Gasteiger charge is 2.19. The molecule has 1 aromatic heterocycles. The van der Waals surface area contributed by atoms with E-state index in [1.165, 1.54) is 11.3 Å². The molecule has 4 heteroatoms. The Balaban J connectivity index is 2.27. The van der Waals surface area contributed by atoms with E-state index in [1.807, 2.05) is 6.07 Å². The lowest BCUT2D eigenvalue weighted by Gasteiger charge is -1.96. The minimum atomic E-state index is -0.463. The summed E-state index contributed by atoms with van der Waals surface area (Å²) in [6.07, 6.45) is 0. The summed E-state index contributed by atoms with van der Waals surface area (Å²) in [5, 5.41) is 1.78. The molecule has 0 N–H and O–H groups in total. The van der Waals surface area contributed by atoms with E-state index in [2.05, 4.69) is 15.9 Å². The summed E-state index contributed by atoms with van der Waals surface area (Å²) in [4.78, 5) is 24.1. The number of hydrogen-bond donors (Lipinski definition) is 0. The average Bonchev–Trinajstić information content (AvgIpc) is 2.75. The van der Waals surface area contributed by atoms with Crippen molar-refractivity contribution >= 4 is 38.8 Å². The molecule has 16 heavy (non-hydrogen) atoms. The smallest absolute Gasteiger partial charge is 0.243 e. The van der Waals surface area contributed by atoms with E-state index in [0.29, 0.717) is 10.4 Å². The Hall–Kier alpha value is -1.26. The lowest BCUT2D eigenvalue weighted by Crippen LogP contribution is -2.12. The van der Waals surface area contributed by atoms with Gasteiger partial charge in [0.1, 0.15) is 0 Å². The number of Topliss-reactive ketones (excluding diaryl/α,β-unsaturated/α-hetero) is 2. The molecular formula is C12H7BrO2S. The summed E-state index contributed by atoms with van der Waals surface area (Å²) in [6.45, 7) is 0. The van der Waals surface area contributed by atoms with Gasteiger partial charge in [0.25, 0.3) is 0 Å². The Labute approximate surface area is 105 Å². The molecule has 0 spiro atoms. The van der Waals surface area contributed by atoms with E-state index in [4.69, 9.17) is 0 Å². The summed E-state index contributed by atoms with van der Waals surface area (Å²) in [5.41, 5.74) is 0.428. The number of benzene rings is 1.